The number of nitriles is 1. The molecule has 0 spiro atoms. The van der Waals surface area contributed by atoms with Crippen LogP contribution in [0.15, 0.2) is 22.7 Å². The molecule has 0 aliphatic heterocycles. The van der Waals surface area contributed by atoms with E-state index in [0.29, 0.717) is 11.0 Å². The van der Waals surface area contributed by atoms with Crippen molar-refractivity contribution in [2.24, 2.45) is 0 Å². The lowest BCUT2D eigenvalue weighted by atomic mass is 10.2. The van der Waals surface area contributed by atoms with Gasteiger partial charge in [-0.25, -0.2) is 4.79 Å². The second kappa shape index (κ2) is 7.88. The van der Waals surface area contributed by atoms with Gasteiger partial charge in [0, 0.05) is 18.1 Å². The van der Waals surface area contributed by atoms with Crippen molar-refractivity contribution in [2.45, 2.75) is 6.42 Å². The minimum Gasteiger partial charge on any atom is -0.452 e. The standard InChI is InChI=1S/C13H12BrClN2O3/c1-17(6-2-5-16)12(18)8-20-13(19)10-7-9(14)3-4-11(10)15/h3-4,7H,2,6,8H2,1H3. The van der Waals surface area contributed by atoms with Gasteiger partial charge in [-0.05, 0) is 18.2 Å². The zero-order valence-electron chi connectivity index (χ0n) is 10.7. The van der Waals surface area contributed by atoms with Gasteiger partial charge in [0.1, 0.15) is 0 Å². The molecule has 0 atom stereocenters. The molecule has 1 aromatic rings. The van der Waals surface area contributed by atoms with Gasteiger partial charge < -0.3 is 9.64 Å². The maximum absolute atomic E-state index is 11.8. The van der Waals surface area contributed by atoms with E-state index in [9.17, 15) is 9.59 Å². The number of likely N-dealkylation sites (N-methyl/N-ethyl adjacent to an activating group) is 1. The summed E-state index contributed by atoms with van der Waals surface area (Å²) in [6.07, 6.45) is 0.230. The van der Waals surface area contributed by atoms with Crippen molar-refractivity contribution in [3.05, 3.63) is 33.3 Å². The van der Waals surface area contributed by atoms with Gasteiger partial charge in [-0.1, -0.05) is 27.5 Å². The Hall–Kier alpha value is -1.58. The van der Waals surface area contributed by atoms with E-state index in [-0.39, 0.29) is 29.5 Å². The van der Waals surface area contributed by atoms with Crippen LogP contribution in [0.4, 0.5) is 0 Å². The van der Waals surface area contributed by atoms with Gasteiger partial charge in [0.15, 0.2) is 6.61 Å². The van der Waals surface area contributed by atoms with Gasteiger partial charge in [0.2, 0.25) is 0 Å². The number of carbonyl (C=O) groups is 2. The Kier molecular flexibility index (Phi) is 6.49. The monoisotopic (exact) mass is 358 g/mol. The number of halogens is 2. The summed E-state index contributed by atoms with van der Waals surface area (Å²) in [4.78, 5) is 24.8. The highest BCUT2D eigenvalue weighted by Crippen LogP contribution is 2.21. The van der Waals surface area contributed by atoms with Crippen LogP contribution >= 0.6 is 27.5 Å². The van der Waals surface area contributed by atoms with Crippen LogP contribution in [0.1, 0.15) is 16.8 Å². The second-order valence-corrected chi connectivity index (χ2v) is 5.25. The zero-order chi connectivity index (χ0) is 15.1. The highest BCUT2D eigenvalue weighted by Gasteiger charge is 2.16. The van der Waals surface area contributed by atoms with Crippen LogP contribution in [-0.2, 0) is 9.53 Å². The number of esters is 1. The molecule has 0 radical (unpaired) electrons. The average Bonchev–Trinajstić information content (AvgIpc) is 2.44. The van der Waals surface area contributed by atoms with Crippen molar-refractivity contribution in [1.82, 2.24) is 4.90 Å². The summed E-state index contributed by atoms with van der Waals surface area (Å²) in [5, 5.41) is 8.68. The number of carbonyl (C=O) groups excluding carboxylic acids is 2. The van der Waals surface area contributed by atoms with Crippen LogP contribution in [0.2, 0.25) is 5.02 Å². The summed E-state index contributed by atoms with van der Waals surface area (Å²) in [5.74, 6) is -1.04. The fraction of sp³-hybridized carbons (Fsp3) is 0.308. The number of rotatable bonds is 5. The number of hydrogen-bond donors (Lipinski definition) is 0. The van der Waals surface area contributed by atoms with Gasteiger partial charge in [-0.2, -0.15) is 5.26 Å². The average molecular weight is 360 g/mol. The first kappa shape index (κ1) is 16.5. The fourth-order valence-electron chi connectivity index (χ4n) is 1.31. The van der Waals surface area contributed by atoms with Crippen LogP contribution in [0.5, 0.6) is 0 Å². The van der Waals surface area contributed by atoms with E-state index in [4.69, 9.17) is 21.6 Å². The molecule has 0 heterocycles. The van der Waals surface area contributed by atoms with E-state index in [1.54, 1.807) is 19.2 Å². The summed E-state index contributed by atoms with van der Waals surface area (Å²) in [6, 6.07) is 6.71. The van der Waals surface area contributed by atoms with E-state index >= 15 is 0 Å². The molecule has 0 unspecified atom stereocenters. The molecule has 7 heteroatoms. The Bertz CT molecular complexity index is 557. The molecule has 1 aromatic carbocycles. The third kappa shape index (κ3) is 4.83. The molecule has 1 rings (SSSR count). The minimum absolute atomic E-state index is 0.188. The van der Waals surface area contributed by atoms with Crippen LogP contribution < -0.4 is 0 Å². The third-order valence-electron chi connectivity index (χ3n) is 2.46. The predicted octanol–water partition coefficient (Wildman–Crippen LogP) is 2.63. The van der Waals surface area contributed by atoms with Gasteiger partial charge in [-0.3, -0.25) is 4.79 Å². The lowest BCUT2D eigenvalue weighted by Gasteiger charge is -2.15. The van der Waals surface area contributed by atoms with Crippen molar-refractivity contribution in [3.8, 4) is 6.07 Å². The highest BCUT2D eigenvalue weighted by atomic mass is 79.9. The Morgan fingerprint density at radius 2 is 2.20 bits per heavy atom. The molecule has 0 aromatic heterocycles. The molecule has 106 valence electrons. The van der Waals surface area contributed by atoms with Gasteiger partial charge in [0.05, 0.1) is 23.1 Å². The Balaban J connectivity index is 2.57. The molecule has 0 aliphatic carbocycles. The van der Waals surface area contributed by atoms with Gasteiger partial charge >= 0.3 is 5.97 Å². The zero-order valence-corrected chi connectivity index (χ0v) is 13.1. The SMILES string of the molecule is CN(CCC#N)C(=O)COC(=O)c1cc(Br)ccc1Cl. The van der Waals surface area contributed by atoms with Crippen molar-refractivity contribution < 1.29 is 14.3 Å². The smallest absolute Gasteiger partial charge is 0.340 e. The highest BCUT2D eigenvalue weighted by molar-refractivity contribution is 9.10. The first-order chi connectivity index (χ1) is 9.45. The van der Waals surface area contributed by atoms with Crippen molar-refractivity contribution in [1.29, 1.82) is 5.26 Å². The lowest BCUT2D eigenvalue weighted by Crippen LogP contribution is -2.31. The molecule has 1 amide bonds. The molecule has 0 saturated heterocycles. The predicted molar refractivity (Wildman–Crippen MR) is 77.3 cm³/mol. The van der Waals surface area contributed by atoms with Crippen LogP contribution in [0.3, 0.4) is 0 Å². The summed E-state index contributed by atoms with van der Waals surface area (Å²) in [5.41, 5.74) is 0.188. The summed E-state index contributed by atoms with van der Waals surface area (Å²) in [6.45, 7) is -0.0892. The first-order valence-corrected chi connectivity index (χ1v) is 6.86. The maximum Gasteiger partial charge on any atom is 0.340 e. The normalized spacial score (nSPS) is 9.70. The molecule has 0 aliphatic rings. The van der Waals surface area contributed by atoms with Crippen molar-refractivity contribution >= 4 is 39.4 Å². The largest absolute Gasteiger partial charge is 0.452 e. The van der Waals surface area contributed by atoms with E-state index < -0.39 is 5.97 Å². The van der Waals surface area contributed by atoms with E-state index in [1.807, 2.05) is 6.07 Å². The summed E-state index contributed by atoms with van der Waals surface area (Å²) >= 11 is 9.11. The number of nitrogens with zero attached hydrogens (tertiary/aromatic N) is 2. The number of benzene rings is 1. The Morgan fingerprint density at radius 3 is 2.85 bits per heavy atom. The lowest BCUT2D eigenvalue weighted by molar-refractivity contribution is -0.133. The molecule has 5 nitrogen and oxygen atoms in total. The minimum atomic E-state index is -0.668. The molecule has 0 fully saturated rings. The molecule has 0 bridgehead atoms. The quantitative estimate of drug-likeness (QED) is 0.758. The Labute approximate surface area is 130 Å². The summed E-state index contributed by atoms with van der Waals surface area (Å²) < 4.78 is 5.59. The van der Waals surface area contributed by atoms with Crippen molar-refractivity contribution in [2.75, 3.05) is 20.2 Å². The van der Waals surface area contributed by atoms with Crippen LogP contribution in [0, 0.1) is 11.3 Å². The van der Waals surface area contributed by atoms with Gasteiger partial charge in [-0.15, -0.1) is 0 Å². The molecule has 20 heavy (non-hydrogen) atoms. The first-order valence-electron chi connectivity index (χ1n) is 5.68. The topological polar surface area (TPSA) is 70.4 Å². The van der Waals surface area contributed by atoms with E-state index in [2.05, 4.69) is 15.9 Å². The fourth-order valence-corrected chi connectivity index (χ4v) is 1.87. The third-order valence-corrected chi connectivity index (χ3v) is 3.28. The van der Waals surface area contributed by atoms with E-state index in [1.165, 1.54) is 11.0 Å². The number of ether oxygens (including phenoxy) is 1. The maximum atomic E-state index is 11.8. The van der Waals surface area contributed by atoms with Crippen LogP contribution in [0.25, 0.3) is 0 Å². The number of amides is 1. The molecule has 0 N–H and O–H groups in total. The molecular formula is C13H12BrClN2O3. The molecule has 0 saturated carbocycles. The molecular weight excluding hydrogens is 348 g/mol. The summed E-state index contributed by atoms with van der Waals surface area (Å²) in [7, 11) is 1.54. The number of hydrogen-bond acceptors (Lipinski definition) is 4. The van der Waals surface area contributed by atoms with Gasteiger partial charge in [0.25, 0.3) is 5.91 Å². The second-order valence-electron chi connectivity index (χ2n) is 3.92. The van der Waals surface area contributed by atoms with Crippen LogP contribution in [-0.4, -0.2) is 37.0 Å². The van der Waals surface area contributed by atoms with E-state index in [0.717, 1.165) is 0 Å². The van der Waals surface area contributed by atoms with Crippen molar-refractivity contribution in [3.63, 3.8) is 0 Å². The Morgan fingerprint density at radius 1 is 1.50 bits per heavy atom.